The minimum Gasteiger partial charge on any atom is -0.480 e. The fourth-order valence-electron chi connectivity index (χ4n) is 2.11. The summed E-state index contributed by atoms with van der Waals surface area (Å²) in [6, 6.07) is 0. The van der Waals surface area contributed by atoms with Gasteiger partial charge in [-0.3, -0.25) is 9.69 Å². The maximum absolute atomic E-state index is 12.7. The molecule has 0 saturated heterocycles. The minimum atomic E-state index is -4.52. The summed E-state index contributed by atoms with van der Waals surface area (Å²) < 4.78 is 39.1. The minimum absolute atomic E-state index is 0.117. The summed E-state index contributed by atoms with van der Waals surface area (Å²) in [5, 5.41) is 15.7. The fraction of sp³-hybridized carbons (Fsp3) is 0.727. The van der Waals surface area contributed by atoms with E-state index in [-0.39, 0.29) is 25.3 Å². The highest BCUT2D eigenvalue weighted by Gasteiger charge is 2.39. The molecular weight excluding hydrogens is 291 g/mol. The Balaban J connectivity index is 2.01. The fourth-order valence-corrected chi connectivity index (χ4v) is 2.11. The van der Waals surface area contributed by atoms with Crippen molar-refractivity contribution < 1.29 is 23.1 Å². The van der Waals surface area contributed by atoms with Crippen molar-refractivity contribution in [2.45, 2.75) is 38.1 Å². The molecule has 0 amide bonds. The van der Waals surface area contributed by atoms with Gasteiger partial charge in [0.1, 0.15) is 11.4 Å². The lowest BCUT2D eigenvalue weighted by molar-refractivity contribution is -0.148. The Morgan fingerprint density at radius 2 is 2.05 bits per heavy atom. The molecule has 3 N–H and O–H groups in total. The molecule has 2 heterocycles. The number of fused-ring (bicyclic) bond motifs is 1. The van der Waals surface area contributed by atoms with Crippen LogP contribution in [0.2, 0.25) is 0 Å². The zero-order valence-electron chi connectivity index (χ0n) is 11.4. The van der Waals surface area contributed by atoms with Gasteiger partial charge in [-0.05, 0) is 13.3 Å². The molecule has 10 heteroatoms. The number of halogens is 3. The van der Waals surface area contributed by atoms with E-state index in [4.69, 9.17) is 10.8 Å². The number of aromatic nitrogens is 3. The number of carbonyl (C=O) groups is 1. The first-order valence-corrected chi connectivity index (χ1v) is 6.35. The van der Waals surface area contributed by atoms with Gasteiger partial charge < -0.3 is 15.4 Å². The Morgan fingerprint density at radius 1 is 1.38 bits per heavy atom. The normalized spacial score (nSPS) is 19.1. The molecule has 1 atom stereocenters. The van der Waals surface area contributed by atoms with Crippen LogP contribution in [0.3, 0.4) is 0 Å². The van der Waals surface area contributed by atoms with E-state index >= 15 is 0 Å². The molecule has 0 spiro atoms. The molecule has 2 rings (SSSR count). The molecule has 0 aromatic carbocycles. The highest BCUT2D eigenvalue weighted by atomic mass is 19.4. The van der Waals surface area contributed by atoms with E-state index in [1.807, 2.05) is 4.90 Å². The molecule has 0 fully saturated rings. The van der Waals surface area contributed by atoms with E-state index < -0.39 is 23.5 Å². The van der Waals surface area contributed by atoms with E-state index in [1.54, 1.807) is 0 Å². The van der Waals surface area contributed by atoms with Crippen LogP contribution >= 0.6 is 0 Å². The first-order valence-electron chi connectivity index (χ1n) is 6.35. The van der Waals surface area contributed by atoms with Crippen molar-refractivity contribution in [1.82, 2.24) is 19.7 Å². The van der Waals surface area contributed by atoms with Crippen molar-refractivity contribution in [1.29, 1.82) is 0 Å². The van der Waals surface area contributed by atoms with Gasteiger partial charge in [-0.1, -0.05) is 0 Å². The Hall–Kier alpha value is -1.68. The van der Waals surface area contributed by atoms with Gasteiger partial charge in [0.25, 0.3) is 0 Å². The quantitative estimate of drug-likeness (QED) is 0.830. The van der Waals surface area contributed by atoms with Crippen molar-refractivity contribution in [3.05, 3.63) is 11.6 Å². The van der Waals surface area contributed by atoms with E-state index in [0.717, 1.165) is 4.57 Å². The number of rotatable bonds is 4. The van der Waals surface area contributed by atoms with Crippen LogP contribution < -0.4 is 5.73 Å². The van der Waals surface area contributed by atoms with Gasteiger partial charge in [-0.25, -0.2) is 0 Å². The molecular formula is C11H16F3N5O2. The first-order chi connectivity index (χ1) is 9.61. The summed E-state index contributed by atoms with van der Waals surface area (Å²) in [4.78, 5) is 12.7. The van der Waals surface area contributed by atoms with Gasteiger partial charge in [0, 0.05) is 19.6 Å². The van der Waals surface area contributed by atoms with Gasteiger partial charge in [-0.2, -0.15) is 13.2 Å². The Labute approximate surface area is 118 Å². The molecule has 7 nitrogen and oxygen atoms in total. The van der Waals surface area contributed by atoms with Gasteiger partial charge in [-0.15, -0.1) is 10.2 Å². The average molecular weight is 307 g/mol. The molecule has 0 bridgehead atoms. The zero-order chi connectivity index (χ0) is 15.8. The van der Waals surface area contributed by atoms with Gasteiger partial charge in [0.2, 0.25) is 5.82 Å². The Bertz CT molecular complexity index is 540. The van der Waals surface area contributed by atoms with Gasteiger partial charge in [0.15, 0.2) is 0 Å². The van der Waals surface area contributed by atoms with Crippen LogP contribution in [0.1, 0.15) is 25.0 Å². The predicted octanol–water partition coefficient (Wildman–Crippen LogP) is 0.305. The van der Waals surface area contributed by atoms with Crippen LogP contribution in [-0.2, 0) is 24.1 Å². The van der Waals surface area contributed by atoms with Crippen LogP contribution in [0.15, 0.2) is 0 Å². The summed E-state index contributed by atoms with van der Waals surface area (Å²) in [5.74, 6) is -1.88. The molecule has 0 saturated carbocycles. The average Bonchev–Trinajstić information content (AvgIpc) is 2.79. The predicted molar refractivity (Wildman–Crippen MR) is 65.1 cm³/mol. The summed E-state index contributed by atoms with van der Waals surface area (Å²) in [5.41, 5.74) is 4.27. The lowest BCUT2D eigenvalue weighted by atomic mass is 9.99. The number of aliphatic carboxylic acids is 1. The van der Waals surface area contributed by atoms with Crippen molar-refractivity contribution >= 4 is 5.97 Å². The Kier molecular flexibility index (Phi) is 3.93. The van der Waals surface area contributed by atoms with Gasteiger partial charge >= 0.3 is 12.1 Å². The third-order valence-corrected chi connectivity index (χ3v) is 3.52. The molecule has 1 aromatic rings. The molecule has 118 valence electrons. The second kappa shape index (κ2) is 5.26. The highest BCUT2D eigenvalue weighted by Crippen LogP contribution is 2.29. The lowest BCUT2D eigenvalue weighted by Gasteiger charge is -2.30. The maximum atomic E-state index is 12.7. The van der Waals surface area contributed by atoms with E-state index in [0.29, 0.717) is 13.1 Å². The number of alkyl halides is 3. The first kappa shape index (κ1) is 15.7. The van der Waals surface area contributed by atoms with Crippen LogP contribution in [-0.4, -0.2) is 49.4 Å². The molecule has 1 aromatic heterocycles. The molecule has 0 radical (unpaired) electrons. The molecule has 1 aliphatic rings. The molecule has 1 unspecified atom stereocenters. The summed E-state index contributed by atoms with van der Waals surface area (Å²) >= 11 is 0. The van der Waals surface area contributed by atoms with Crippen LogP contribution in [0, 0.1) is 0 Å². The number of hydrogen-bond donors (Lipinski definition) is 2. The second-order valence-corrected chi connectivity index (χ2v) is 5.34. The monoisotopic (exact) mass is 307 g/mol. The van der Waals surface area contributed by atoms with Crippen molar-refractivity contribution in [3.63, 3.8) is 0 Å². The van der Waals surface area contributed by atoms with E-state index in [2.05, 4.69) is 10.2 Å². The summed E-state index contributed by atoms with van der Waals surface area (Å²) in [6.45, 7) is 2.45. The van der Waals surface area contributed by atoms with E-state index in [1.165, 1.54) is 6.92 Å². The smallest absolute Gasteiger partial charge is 0.451 e. The number of carboxylic acid groups (broad SMARTS) is 1. The number of nitrogens with two attached hydrogens (primary N) is 1. The zero-order valence-corrected chi connectivity index (χ0v) is 11.4. The second-order valence-electron chi connectivity index (χ2n) is 5.34. The summed E-state index contributed by atoms with van der Waals surface area (Å²) in [7, 11) is 0. The third-order valence-electron chi connectivity index (χ3n) is 3.52. The van der Waals surface area contributed by atoms with Crippen molar-refractivity contribution in [2.24, 2.45) is 5.73 Å². The highest BCUT2D eigenvalue weighted by molar-refractivity contribution is 5.77. The molecule has 1 aliphatic heterocycles. The van der Waals surface area contributed by atoms with Crippen LogP contribution in [0.5, 0.6) is 0 Å². The number of carboxylic acids is 1. The maximum Gasteiger partial charge on any atom is 0.451 e. The number of hydrogen-bond acceptors (Lipinski definition) is 5. The molecule has 21 heavy (non-hydrogen) atoms. The van der Waals surface area contributed by atoms with Crippen LogP contribution in [0.25, 0.3) is 0 Å². The summed E-state index contributed by atoms with van der Waals surface area (Å²) in [6.07, 6.45) is -4.32. The largest absolute Gasteiger partial charge is 0.480 e. The lowest BCUT2D eigenvalue weighted by Crippen LogP contribution is -2.48. The van der Waals surface area contributed by atoms with Gasteiger partial charge in [0.05, 0.1) is 6.54 Å². The van der Waals surface area contributed by atoms with Crippen molar-refractivity contribution in [3.8, 4) is 0 Å². The molecule has 0 aliphatic carbocycles. The van der Waals surface area contributed by atoms with Crippen molar-refractivity contribution in [2.75, 3.05) is 13.1 Å². The van der Waals surface area contributed by atoms with E-state index in [9.17, 15) is 18.0 Å². The SMILES string of the molecule is CC(N)(CCN1CCn2c(nnc2C(F)(F)F)C1)C(=O)O. The Morgan fingerprint density at radius 3 is 2.62 bits per heavy atom. The van der Waals surface area contributed by atoms with Crippen LogP contribution in [0.4, 0.5) is 13.2 Å². The third kappa shape index (κ3) is 3.32. The number of nitrogens with zero attached hydrogens (tertiary/aromatic N) is 4. The topological polar surface area (TPSA) is 97.3 Å². The standard InChI is InChI=1S/C11H16F3N5O2/c1-10(15,9(20)21)2-3-18-4-5-19-7(6-18)16-17-8(19)11(12,13)14/h2-6,15H2,1H3,(H,20,21).